The van der Waals surface area contributed by atoms with Crippen molar-refractivity contribution in [2.75, 3.05) is 25.1 Å². The Morgan fingerprint density at radius 2 is 1.97 bits per heavy atom. The van der Waals surface area contributed by atoms with Gasteiger partial charge in [0.2, 0.25) is 5.65 Å². The maximum Gasteiger partial charge on any atom is 0.200 e. The molecule has 148 valence electrons. The standard InChI is InChI=1S/C21H23N7O/c1-29-18-5-3-17(4-6-18)19-13-20(21-24-22-15-28(21)25-19)26-11-7-16(8-12-26)14-27-10-2-9-23-27/h2-6,9-10,13,15-16H,7-8,11-12,14H2,1H3. The highest BCUT2D eigenvalue weighted by atomic mass is 16.5. The van der Waals surface area contributed by atoms with Crippen LogP contribution in [0.1, 0.15) is 12.8 Å². The van der Waals surface area contributed by atoms with Gasteiger partial charge >= 0.3 is 0 Å². The number of nitrogens with zero attached hydrogens (tertiary/aromatic N) is 7. The summed E-state index contributed by atoms with van der Waals surface area (Å²) < 4.78 is 9.07. The van der Waals surface area contributed by atoms with Crippen molar-refractivity contribution in [2.24, 2.45) is 5.92 Å². The summed E-state index contributed by atoms with van der Waals surface area (Å²) in [5.41, 5.74) is 3.82. The smallest absolute Gasteiger partial charge is 0.200 e. The van der Waals surface area contributed by atoms with Crippen molar-refractivity contribution in [3.8, 4) is 17.0 Å². The first kappa shape index (κ1) is 17.7. The van der Waals surface area contributed by atoms with Gasteiger partial charge < -0.3 is 9.64 Å². The monoisotopic (exact) mass is 389 g/mol. The molecular weight excluding hydrogens is 366 g/mol. The van der Waals surface area contributed by atoms with Gasteiger partial charge in [0.25, 0.3) is 0 Å². The molecule has 0 atom stereocenters. The number of piperidine rings is 1. The lowest BCUT2D eigenvalue weighted by Crippen LogP contribution is -2.35. The second-order valence-corrected chi connectivity index (χ2v) is 7.40. The molecule has 3 aromatic heterocycles. The number of benzene rings is 1. The van der Waals surface area contributed by atoms with Gasteiger partial charge in [-0.3, -0.25) is 4.68 Å². The van der Waals surface area contributed by atoms with Crippen molar-refractivity contribution >= 4 is 11.3 Å². The van der Waals surface area contributed by atoms with Crippen LogP contribution in [-0.2, 0) is 6.54 Å². The Hall–Kier alpha value is -3.42. The van der Waals surface area contributed by atoms with E-state index >= 15 is 0 Å². The van der Waals surface area contributed by atoms with E-state index < -0.39 is 0 Å². The Bertz CT molecular complexity index is 1080. The molecule has 1 fully saturated rings. The second-order valence-electron chi connectivity index (χ2n) is 7.40. The van der Waals surface area contributed by atoms with E-state index in [1.165, 1.54) is 0 Å². The molecule has 4 aromatic rings. The highest BCUT2D eigenvalue weighted by molar-refractivity contribution is 5.74. The minimum Gasteiger partial charge on any atom is -0.497 e. The van der Waals surface area contributed by atoms with Crippen LogP contribution < -0.4 is 9.64 Å². The minimum atomic E-state index is 0.642. The molecule has 1 aliphatic heterocycles. The maximum absolute atomic E-state index is 5.27. The van der Waals surface area contributed by atoms with Crippen LogP contribution in [0.2, 0.25) is 0 Å². The second kappa shape index (κ2) is 7.54. The van der Waals surface area contributed by atoms with Crippen LogP contribution >= 0.6 is 0 Å². The lowest BCUT2D eigenvalue weighted by molar-refractivity contribution is 0.342. The first-order valence-electron chi connectivity index (χ1n) is 9.88. The van der Waals surface area contributed by atoms with Crippen molar-refractivity contribution in [3.63, 3.8) is 0 Å². The molecule has 1 saturated heterocycles. The largest absolute Gasteiger partial charge is 0.497 e. The number of hydrogen-bond acceptors (Lipinski definition) is 6. The summed E-state index contributed by atoms with van der Waals surface area (Å²) in [7, 11) is 1.67. The van der Waals surface area contributed by atoms with Crippen LogP contribution in [0.3, 0.4) is 0 Å². The Morgan fingerprint density at radius 1 is 1.14 bits per heavy atom. The van der Waals surface area contributed by atoms with Crippen molar-refractivity contribution in [2.45, 2.75) is 19.4 Å². The number of anilines is 1. The third-order valence-corrected chi connectivity index (χ3v) is 5.59. The molecule has 8 nitrogen and oxygen atoms in total. The zero-order valence-corrected chi connectivity index (χ0v) is 16.3. The van der Waals surface area contributed by atoms with E-state index in [2.05, 4.69) is 26.3 Å². The van der Waals surface area contributed by atoms with Gasteiger partial charge in [0.1, 0.15) is 12.1 Å². The molecule has 1 aliphatic rings. The number of ether oxygens (including phenoxy) is 1. The average molecular weight is 389 g/mol. The van der Waals surface area contributed by atoms with Gasteiger partial charge in [-0.2, -0.15) is 14.7 Å². The molecule has 0 spiro atoms. The van der Waals surface area contributed by atoms with Crippen LogP contribution in [-0.4, -0.2) is 49.8 Å². The summed E-state index contributed by atoms with van der Waals surface area (Å²) in [6.07, 6.45) is 7.79. The number of aromatic nitrogens is 6. The van der Waals surface area contributed by atoms with Gasteiger partial charge in [-0.05, 0) is 55.2 Å². The molecule has 8 heteroatoms. The van der Waals surface area contributed by atoms with Crippen LogP contribution in [0.5, 0.6) is 5.75 Å². The predicted octanol–water partition coefficient (Wildman–Crippen LogP) is 2.91. The molecule has 5 rings (SSSR count). The molecule has 0 N–H and O–H groups in total. The van der Waals surface area contributed by atoms with E-state index in [4.69, 9.17) is 9.84 Å². The SMILES string of the molecule is COc1ccc(-c2cc(N3CCC(Cn4cccn4)CC3)c3nncn3n2)cc1. The molecule has 0 amide bonds. The van der Waals surface area contributed by atoms with Gasteiger partial charge in [-0.15, -0.1) is 10.2 Å². The average Bonchev–Trinajstić information content (AvgIpc) is 3.45. The van der Waals surface area contributed by atoms with Crippen LogP contribution in [0, 0.1) is 5.92 Å². The Kier molecular flexibility index (Phi) is 4.59. The number of hydrogen-bond donors (Lipinski definition) is 0. The molecular formula is C21H23N7O. The van der Waals surface area contributed by atoms with Crippen LogP contribution in [0.25, 0.3) is 16.9 Å². The van der Waals surface area contributed by atoms with E-state index in [1.54, 1.807) is 18.0 Å². The summed E-state index contributed by atoms with van der Waals surface area (Å²) in [4.78, 5) is 2.40. The first-order chi connectivity index (χ1) is 14.3. The summed E-state index contributed by atoms with van der Waals surface area (Å²) in [5, 5.41) is 17.4. The zero-order chi connectivity index (χ0) is 19.6. The molecule has 0 aliphatic carbocycles. The van der Waals surface area contributed by atoms with Crippen molar-refractivity contribution in [3.05, 3.63) is 55.1 Å². The Balaban J connectivity index is 1.40. The molecule has 1 aromatic carbocycles. The lowest BCUT2D eigenvalue weighted by Gasteiger charge is -2.33. The zero-order valence-electron chi connectivity index (χ0n) is 16.3. The maximum atomic E-state index is 5.27. The highest BCUT2D eigenvalue weighted by Gasteiger charge is 2.23. The molecule has 0 radical (unpaired) electrons. The normalized spacial score (nSPS) is 15.1. The van der Waals surface area contributed by atoms with Gasteiger partial charge in [0.15, 0.2) is 0 Å². The van der Waals surface area contributed by atoms with Gasteiger partial charge in [0, 0.05) is 37.6 Å². The number of fused-ring (bicyclic) bond motifs is 1. The van der Waals surface area contributed by atoms with Crippen molar-refractivity contribution < 1.29 is 4.74 Å². The van der Waals surface area contributed by atoms with E-state index in [0.717, 1.165) is 60.8 Å². The van der Waals surface area contributed by atoms with Gasteiger partial charge in [-0.25, -0.2) is 0 Å². The van der Waals surface area contributed by atoms with Crippen LogP contribution in [0.4, 0.5) is 5.69 Å². The Labute approximate surface area is 168 Å². The van der Waals surface area contributed by atoms with E-state index in [-0.39, 0.29) is 0 Å². The lowest BCUT2D eigenvalue weighted by atomic mass is 9.96. The molecule has 4 heterocycles. The van der Waals surface area contributed by atoms with E-state index in [9.17, 15) is 0 Å². The van der Waals surface area contributed by atoms with Crippen LogP contribution in [0.15, 0.2) is 55.1 Å². The Morgan fingerprint density at radius 3 is 2.69 bits per heavy atom. The van der Waals surface area contributed by atoms with E-state index in [0.29, 0.717) is 5.92 Å². The summed E-state index contributed by atoms with van der Waals surface area (Å²) in [6.45, 7) is 2.95. The molecule has 29 heavy (non-hydrogen) atoms. The summed E-state index contributed by atoms with van der Waals surface area (Å²) >= 11 is 0. The highest BCUT2D eigenvalue weighted by Crippen LogP contribution is 2.30. The predicted molar refractivity (Wildman–Crippen MR) is 110 cm³/mol. The molecule has 0 unspecified atom stereocenters. The fourth-order valence-electron chi connectivity index (χ4n) is 3.98. The summed E-state index contributed by atoms with van der Waals surface area (Å²) in [5.74, 6) is 1.47. The third kappa shape index (κ3) is 3.53. The summed E-state index contributed by atoms with van der Waals surface area (Å²) in [6, 6.07) is 12.1. The topological polar surface area (TPSA) is 73.4 Å². The third-order valence-electron chi connectivity index (χ3n) is 5.59. The van der Waals surface area contributed by atoms with E-state index in [1.807, 2.05) is 47.4 Å². The quantitative estimate of drug-likeness (QED) is 0.523. The van der Waals surface area contributed by atoms with Gasteiger partial charge in [-0.1, -0.05) is 0 Å². The minimum absolute atomic E-state index is 0.642. The molecule has 0 bridgehead atoms. The first-order valence-corrected chi connectivity index (χ1v) is 9.88. The fraction of sp³-hybridized carbons (Fsp3) is 0.333. The number of rotatable bonds is 5. The number of methoxy groups -OCH3 is 1. The fourth-order valence-corrected chi connectivity index (χ4v) is 3.98. The molecule has 0 saturated carbocycles. The van der Waals surface area contributed by atoms with Crippen molar-refractivity contribution in [1.82, 2.24) is 29.6 Å². The van der Waals surface area contributed by atoms with Gasteiger partial charge in [0.05, 0.1) is 18.5 Å². The van der Waals surface area contributed by atoms with Crippen molar-refractivity contribution in [1.29, 1.82) is 0 Å².